The summed E-state index contributed by atoms with van der Waals surface area (Å²) in [5.74, 6) is 0. The van der Waals surface area contributed by atoms with E-state index in [-0.39, 0.29) is 0 Å². The average molecular weight is 203 g/mol. The maximum atomic E-state index is 2.43. The first-order valence-electron chi connectivity index (χ1n) is 6.40. The van der Waals surface area contributed by atoms with Gasteiger partial charge in [0.2, 0.25) is 0 Å². The van der Waals surface area contributed by atoms with Gasteiger partial charge < -0.3 is 4.90 Å². The Bertz CT molecular complexity index is 56.3. The Morgan fingerprint density at radius 1 is 0.643 bits per heavy atom. The Balaban J connectivity index is -0.000000168. The Kier molecular flexibility index (Phi) is 32.2. The van der Waals surface area contributed by atoms with Gasteiger partial charge >= 0.3 is 0 Å². The fourth-order valence-electron chi connectivity index (χ4n) is 0.856. The number of hydrogen-bond acceptors (Lipinski definition) is 1. The summed E-state index contributed by atoms with van der Waals surface area (Å²) in [5.41, 5.74) is 0. The Hall–Kier alpha value is -0.0400. The van der Waals surface area contributed by atoms with Crippen molar-refractivity contribution in [2.45, 2.75) is 67.7 Å². The first-order chi connectivity index (χ1) is 6.67. The monoisotopic (exact) mass is 203 g/mol. The molecule has 0 aromatic carbocycles. The van der Waals surface area contributed by atoms with Crippen LogP contribution in [-0.2, 0) is 0 Å². The van der Waals surface area contributed by atoms with E-state index in [1.165, 1.54) is 38.9 Å². The quantitative estimate of drug-likeness (QED) is 0.647. The highest BCUT2D eigenvalue weighted by Gasteiger charge is 1.92. The lowest BCUT2D eigenvalue weighted by atomic mass is 10.4. The Morgan fingerprint density at radius 3 is 1.00 bits per heavy atom. The highest BCUT2D eigenvalue weighted by atomic mass is 15.1. The second kappa shape index (κ2) is 23.1. The van der Waals surface area contributed by atoms with Crippen LogP contribution in [0.4, 0.5) is 0 Å². The topological polar surface area (TPSA) is 3.24 Å². The van der Waals surface area contributed by atoms with Gasteiger partial charge in [0.1, 0.15) is 0 Å². The minimum Gasteiger partial charge on any atom is -0.304 e. The molecule has 14 heavy (non-hydrogen) atoms. The minimum absolute atomic E-state index is 1.20. The fraction of sp³-hybridized carbons (Fsp3) is 1.00. The highest BCUT2D eigenvalue weighted by molar-refractivity contribution is 4.47. The molecule has 1 nitrogen and oxygen atoms in total. The second-order valence-electron chi connectivity index (χ2n) is 3.44. The lowest BCUT2D eigenvalue weighted by molar-refractivity contribution is 0.304. The molecule has 0 fully saturated rings. The van der Waals surface area contributed by atoms with E-state index in [1.807, 2.05) is 0 Å². The van der Waals surface area contributed by atoms with Crippen molar-refractivity contribution in [1.29, 1.82) is 0 Å². The van der Waals surface area contributed by atoms with Gasteiger partial charge in [0.15, 0.2) is 0 Å². The van der Waals surface area contributed by atoms with Gasteiger partial charge in [-0.15, -0.1) is 0 Å². The molecule has 0 saturated carbocycles. The molecular weight excluding hydrogens is 170 g/mol. The van der Waals surface area contributed by atoms with Crippen molar-refractivity contribution in [3.8, 4) is 0 Å². The molecule has 0 atom stereocenters. The molecule has 90 valence electrons. The third-order valence-corrected chi connectivity index (χ3v) is 1.43. The molecule has 0 saturated heterocycles. The molecule has 0 amide bonds. The van der Waals surface area contributed by atoms with E-state index in [0.29, 0.717) is 0 Å². The van der Waals surface area contributed by atoms with Crippen molar-refractivity contribution in [1.82, 2.24) is 4.90 Å². The Labute approximate surface area is 92.9 Å². The van der Waals surface area contributed by atoms with Crippen molar-refractivity contribution >= 4 is 0 Å². The zero-order chi connectivity index (χ0) is 11.8. The van der Waals surface area contributed by atoms with Crippen molar-refractivity contribution in [2.75, 3.05) is 19.6 Å². The molecular formula is C13H33N. The Morgan fingerprint density at radius 2 is 0.929 bits per heavy atom. The van der Waals surface area contributed by atoms with Crippen LogP contribution >= 0.6 is 0 Å². The smallest absolute Gasteiger partial charge is 0.00216 e. The van der Waals surface area contributed by atoms with Crippen LogP contribution in [0, 0.1) is 0 Å². The molecule has 0 bridgehead atoms. The van der Waals surface area contributed by atoms with Gasteiger partial charge in [0.25, 0.3) is 0 Å². The molecule has 0 aliphatic rings. The largest absolute Gasteiger partial charge is 0.304 e. The average Bonchev–Trinajstić information content (AvgIpc) is 2.17. The summed E-state index contributed by atoms with van der Waals surface area (Å²) < 4.78 is 0. The van der Waals surface area contributed by atoms with Crippen LogP contribution in [0.1, 0.15) is 67.7 Å². The van der Waals surface area contributed by atoms with E-state index in [4.69, 9.17) is 0 Å². The summed E-state index contributed by atoms with van der Waals surface area (Å²) in [4.78, 5) is 2.43. The van der Waals surface area contributed by atoms with Crippen molar-refractivity contribution in [3.63, 3.8) is 0 Å². The van der Waals surface area contributed by atoms with Crippen LogP contribution in [0.3, 0.4) is 0 Å². The first-order valence-corrected chi connectivity index (χ1v) is 6.40. The van der Waals surface area contributed by atoms with Gasteiger partial charge in [0.05, 0.1) is 0 Å². The number of hydrogen-bond donors (Lipinski definition) is 0. The van der Waals surface area contributed by atoms with Gasteiger partial charge in [0, 0.05) is 0 Å². The van der Waals surface area contributed by atoms with E-state index in [0.717, 1.165) is 0 Å². The zero-order valence-electron chi connectivity index (χ0n) is 11.7. The normalized spacial score (nSPS) is 8.57. The van der Waals surface area contributed by atoms with E-state index in [1.54, 1.807) is 0 Å². The summed E-state index contributed by atoms with van der Waals surface area (Å²) in [7, 11) is 0. The predicted molar refractivity (Wildman–Crippen MR) is 70.0 cm³/mol. The standard InChI is InChI=1S/C7H17N.2C3H8/c1-4-7-8(5-2)6-3;2*1-3-2/h4-7H2,1-3H3;2*3H2,1-2H3. The van der Waals surface area contributed by atoms with E-state index < -0.39 is 0 Å². The minimum atomic E-state index is 1.20. The van der Waals surface area contributed by atoms with Crippen LogP contribution in [-0.4, -0.2) is 24.5 Å². The van der Waals surface area contributed by atoms with E-state index >= 15 is 0 Å². The molecule has 0 aromatic heterocycles. The van der Waals surface area contributed by atoms with Gasteiger partial charge in [-0.25, -0.2) is 0 Å². The van der Waals surface area contributed by atoms with Crippen molar-refractivity contribution < 1.29 is 0 Å². The molecule has 0 unspecified atom stereocenters. The maximum absolute atomic E-state index is 2.43. The van der Waals surface area contributed by atoms with Crippen molar-refractivity contribution in [3.05, 3.63) is 0 Å². The van der Waals surface area contributed by atoms with Crippen molar-refractivity contribution in [2.24, 2.45) is 0 Å². The van der Waals surface area contributed by atoms with Gasteiger partial charge in [-0.1, -0.05) is 61.3 Å². The zero-order valence-corrected chi connectivity index (χ0v) is 11.7. The molecule has 0 radical (unpaired) electrons. The van der Waals surface area contributed by atoms with Crippen LogP contribution < -0.4 is 0 Å². The first kappa shape index (κ1) is 19.5. The summed E-state index contributed by atoms with van der Waals surface area (Å²) in [6, 6.07) is 0. The molecule has 0 spiro atoms. The second-order valence-corrected chi connectivity index (χ2v) is 3.44. The summed E-state index contributed by atoms with van der Waals surface area (Å²) in [5, 5.41) is 0. The summed E-state index contributed by atoms with van der Waals surface area (Å²) in [6.45, 7) is 18.8. The van der Waals surface area contributed by atoms with Gasteiger partial charge in [-0.3, -0.25) is 0 Å². The third kappa shape index (κ3) is 29.7. The molecule has 0 aliphatic carbocycles. The molecule has 0 N–H and O–H groups in total. The summed E-state index contributed by atoms with van der Waals surface area (Å²) >= 11 is 0. The van der Waals surface area contributed by atoms with Crippen LogP contribution in [0.5, 0.6) is 0 Å². The SMILES string of the molecule is CCC.CCC.CCCN(CC)CC. The maximum Gasteiger partial charge on any atom is -0.00216 e. The molecule has 0 heterocycles. The number of rotatable bonds is 4. The lowest BCUT2D eigenvalue weighted by Gasteiger charge is -2.15. The summed E-state index contributed by atoms with van der Waals surface area (Å²) in [6.07, 6.45) is 3.78. The van der Waals surface area contributed by atoms with Crippen LogP contribution in [0.15, 0.2) is 0 Å². The fourth-order valence-corrected chi connectivity index (χ4v) is 0.856. The predicted octanol–water partition coefficient (Wildman–Crippen LogP) is 4.57. The van der Waals surface area contributed by atoms with Crippen LogP contribution in [0.2, 0.25) is 0 Å². The molecule has 0 aromatic rings. The highest BCUT2D eigenvalue weighted by Crippen LogP contribution is 1.87. The lowest BCUT2D eigenvalue weighted by Crippen LogP contribution is -2.23. The molecule has 0 aliphatic heterocycles. The number of nitrogens with zero attached hydrogens (tertiary/aromatic N) is 1. The third-order valence-electron chi connectivity index (χ3n) is 1.43. The van der Waals surface area contributed by atoms with Crippen LogP contribution in [0.25, 0.3) is 0 Å². The molecule has 1 heteroatoms. The van der Waals surface area contributed by atoms with Gasteiger partial charge in [-0.05, 0) is 26.1 Å². The van der Waals surface area contributed by atoms with E-state index in [9.17, 15) is 0 Å². The van der Waals surface area contributed by atoms with E-state index in [2.05, 4.69) is 53.4 Å². The van der Waals surface area contributed by atoms with Gasteiger partial charge in [-0.2, -0.15) is 0 Å². The molecule has 0 rings (SSSR count).